The molecule has 1 aromatic rings. The number of aliphatic hydroxyl groups excluding tert-OH is 1. The summed E-state index contributed by atoms with van der Waals surface area (Å²) in [5.41, 5.74) is 1.18. The lowest BCUT2D eigenvalue weighted by atomic mass is 9.90. The number of halogens is 1. The predicted molar refractivity (Wildman–Crippen MR) is 79.1 cm³/mol. The highest BCUT2D eigenvalue weighted by Crippen LogP contribution is 2.29. The first-order chi connectivity index (χ1) is 9.32. The fraction of sp³-hybridized carbons (Fsp3) is 0.600. The predicted octanol–water partition coefficient (Wildman–Crippen LogP) is 2.63. The van der Waals surface area contributed by atoms with Crippen LogP contribution in [0.1, 0.15) is 49.7 Å². The number of carbonyl (C=O) groups excluding carboxylic acids is 1. The molecule has 20 heavy (non-hydrogen) atoms. The van der Waals surface area contributed by atoms with Crippen molar-refractivity contribution in [3.05, 3.63) is 28.5 Å². The summed E-state index contributed by atoms with van der Waals surface area (Å²) in [5, 5.41) is 9.45. The minimum absolute atomic E-state index is 0.0207. The quantitative estimate of drug-likeness (QED) is 0.869. The van der Waals surface area contributed by atoms with Gasteiger partial charge in [-0.05, 0) is 25.0 Å². The van der Waals surface area contributed by atoms with Gasteiger partial charge in [0.1, 0.15) is 5.15 Å². The Morgan fingerprint density at radius 1 is 1.45 bits per heavy atom. The van der Waals surface area contributed by atoms with Crippen molar-refractivity contribution in [2.75, 3.05) is 13.2 Å². The molecule has 0 unspecified atom stereocenters. The van der Waals surface area contributed by atoms with Crippen LogP contribution in [-0.2, 0) is 5.41 Å². The van der Waals surface area contributed by atoms with E-state index in [0.29, 0.717) is 17.3 Å². The van der Waals surface area contributed by atoms with Crippen molar-refractivity contribution < 1.29 is 9.90 Å². The van der Waals surface area contributed by atoms with E-state index in [1.165, 1.54) is 0 Å². The Morgan fingerprint density at radius 3 is 2.60 bits per heavy atom. The number of hydrogen-bond donors (Lipinski definition) is 1. The first-order valence-electron chi connectivity index (χ1n) is 6.93. The standard InChI is InChI=1S/C15H21ClN2O2/c1-15(2,3)12-8-10(9-13(16)17-12)14(20)18(6-7-19)11-4-5-11/h8-9,11,19H,4-7H2,1-3H3. The van der Waals surface area contributed by atoms with Gasteiger partial charge in [-0.15, -0.1) is 0 Å². The summed E-state index contributed by atoms with van der Waals surface area (Å²) >= 11 is 6.05. The van der Waals surface area contributed by atoms with Crippen LogP contribution in [0.15, 0.2) is 12.1 Å². The molecule has 2 rings (SSSR count). The van der Waals surface area contributed by atoms with Crippen molar-refractivity contribution in [3.8, 4) is 0 Å². The summed E-state index contributed by atoms with van der Waals surface area (Å²) < 4.78 is 0. The molecule has 0 saturated heterocycles. The number of hydrogen-bond acceptors (Lipinski definition) is 3. The number of aliphatic hydroxyl groups is 1. The van der Waals surface area contributed by atoms with E-state index >= 15 is 0 Å². The minimum Gasteiger partial charge on any atom is -0.395 e. The highest BCUT2D eigenvalue weighted by molar-refractivity contribution is 6.29. The van der Waals surface area contributed by atoms with Gasteiger partial charge < -0.3 is 10.0 Å². The summed E-state index contributed by atoms with van der Waals surface area (Å²) in [6.45, 7) is 6.45. The summed E-state index contributed by atoms with van der Waals surface area (Å²) in [7, 11) is 0. The Balaban J connectivity index is 2.31. The van der Waals surface area contributed by atoms with E-state index in [1.54, 1.807) is 17.0 Å². The average molecular weight is 297 g/mol. The lowest BCUT2D eigenvalue weighted by molar-refractivity contribution is 0.0707. The van der Waals surface area contributed by atoms with Gasteiger partial charge in [0.2, 0.25) is 0 Å². The van der Waals surface area contributed by atoms with Crippen molar-refractivity contribution in [1.82, 2.24) is 9.88 Å². The van der Waals surface area contributed by atoms with E-state index in [4.69, 9.17) is 16.7 Å². The molecule has 0 spiro atoms. The van der Waals surface area contributed by atoms with Gasteiger partial charge in [-0.25, -0.2) is 4.98 Å². The van der Waals surface area contributed by atoms with Crippen LogP contribution in [0.2, 0.25) is 5.15 Å². The summed E-state index contributed by atoms with van der Waals surface area (Å²) in [4.78, 5) is 18.6. The molecule has 0 radical (unpaired) electrons. The number of aromatic nitrogens is 1. The van der Waals surface area contributed by atoms with Crippen LogP contribution >= 0.6 is 11.6 Å². The zero-order valence-corrected chi connectivity index (χ0v) is 12.9. The topological polar surface area (TPSA) is 53.4 Å². The van der Waals surface area contributed by atoms with Crippen LogP contribution in [-0.4, -0.2) is 40.1 Å². The molecule has 0 aromatic carbocycles. The molecule has 110 valence electrons. The molecule has 1 saturated carbocycles. The Hall–Kier alpha value is -1.13. The number of carbonyl (C=O) groups is 1. The first kappa shape index (κ1) is 15.3. The summed E-state index contributed by atoms with van der Waals surface area (Å²) in [5.74, 6) is -0.0728. The molecule has 0 bridgehead atoms. The maximum absolute atomic E-state index is 12.6. The molecule has 1 amide bonds. The number of rotatable bonds is 4. The fourth-order valence-electron chi connectivity index (χ4n) is 2.11. The Morgan fingerprint density at radius 2 is 2.10 bits per heavy atom. The second kappa shape index (κ2) is 5.70. The maximum atomic E-state index is 12.6. The Bertz CT molecular complexity index is 507. The highest BCUT2D eigenvalue weighted by atomic mass is 35.5. The molecular formula is C15H21ClN2O2. The highest BCUT2D eigenvalue weighted by Gasteiger charge is 2.33. The SMILES string of the molecule is CC(C)(C)c1cc(C(=O)N(CCO)C2CC2)cc(Cl)n1. The normalized spacial score (nSPS) is 15.2. The van der Waals surface area contributed by atoms with E-state index in [0.717, 1.165) is 18.5 Å². The van der Waals surface area contributed by atoms with E-state index in [9.17, 15) is 4.79 Å². The molecule has 4 nitrogen and oxygen atoms in total. The van der Waals surface area contributed by atoms with E-state index in [-0.39, 0.29) is 24.0 Å². The smallest absolute Gasteiger partial charge is 0.254 e. The van der Waals surface area contributed by atoms with E-state index in [1.807, 2.05) is 20.8 Å². The van der Waals surface area contributed by atoms with Crippen molar-refractivity contribution in [3.63, 3.8) is 0 Å². The van der Waals surface area contributed by atoms with Gasteiger partial charge in [-0.1, -0.05) is 32.4 Å². The van der Waals surface area contributed by atoms with Crippen LogP contribution in [0.5, 0.6) is 0 Å². The third-order valence-corrected chi connectivity index (χ3v) is 3.59. The Kier molecular flexibility index (Phi) is 4.35. The van der Waals surface area contributed by atoms with Crippen LogP contribution in [0, 0.1) is 0 Å². The van der Waals surface area contributed by atoms with Crippen LogP contribution in [0.25, 0.3) is 0 Å². The van der Waals surface area contributed by atoms with Crippen LogP contribution in [0.3, 0.4) is 0 Å². The van der Waals surface area contributed by atoms with Crippen LogP contribution in [0.4, 0.5) is 0 Å². The third kappa shape index (κ3) is 3.49. The second-order valence-corrected chi connectivity index (χ2v) is 6.65. The number of nitrogens with zero attached hydrogens (tertiary/aromatic N) is 2. The van der Waals surface area contributed by atoms with Gasteiger partial charge in [0.05, 0.1) is 6.61 Å². The molecule has 1 heterocycles. The lowest BCUT2D eigenvalue weighted by Gasteiger charge is -2.23. The first-order valence-corrected chi connectivity index (χ1v) is 7.30. The molecule has 1 fully saturated rings. The van der Waals surface area contributed by atoms with Crippen molar-refractivity contribution in [2.24, 2.45) is 0 Å². The molecule has 1 N–H and O–H groups in total. The van der Waals surface area contributed by atoms with Gasteiger partial charge in [0.15, 0.2) is 0 Å². The Labute approximate surface area is 124 Å². The monoisotopic (exact) mass is 296 g/mol. The van der Waals surface area contributed by atoms with Crippen molar-refractivity contribution >= 4 is 17.5 Å². The summed E-state index contributed by atoms with van der Waals surface area (Å²) in [6.07, 6.45) is 2.02. The molecular weight excluding hydrogens is 276 g/mol. The van der Waals surface area contributed by atoms with Gasteiger partial charge >= 0.3 is 0 Å². The largest absolute Gasteiger partial charge is 0.395 e. The van der Waals surface area contributed by atoms with E-state index in [2.05, 4.69) is 4.98 Å². The average Bonchev–Trinajstić information content (AvgIpc) is 3.17. The van der Waals surface area contributed by atoms with Gasteiger partial charge in [0.25, 0.3) is 5.91 Å². The number of amides is 1. The van der Waals surface area contributed by atoms with Gasteiger partial charge in [-0.2, -0.15) is 0 Å². The minimum atomic E-state index is -0.165. The zero-order valence-electron chi connectivity index (χ0n) is 12.2. The van der Waals surface area contributed by atoms with Gasteiger partial charge in [-0.3, -0.25) is 4.79 Å². The molecule has 0 atom stereocenters. The second-order valence-electron chi connectivity index (χ2n) is 6.27. The van der Waals surface area contributed by atoms with Gasteiger partial charge in [0, 0.05) is 29.3 Å². The molecule has 1 aliphatic carbocycles. The third-order valence-electron chi connectivity index (χ3n) is 3.40. The van der Waals surface area contributed by atoms with E-state index < -0.39 is 0 Å². The maximum Gasteiger partial charge on any atom is 0.254 e. The zero-order chi connectivity index (χ0) is 14.9. The van der Waals surface area contributed by atoms with Crippen LogP contribution < -0.4 is 0 Å². The fourth-order valence-corrected chi connectivity index (χ4v) is 2.32. The molecule has 5 heteroatoms. The summed E-state index contributed by atoms with van der Waals surface area (Å²) in [6, 6.07) is 3.67. The van der Waals surface area contributed by atoms with Crippen molar-refractivity contribution in [2.45, 2.75) is 45.1 Å². The lowest BCUT2D eigenvalue weighted by Crippen LogP contribution is -2.35. The molecule has 0 aliphatic heterocycles. The number of pyridine rings is 1. The molecule has 1 aromatic heterocycles. The van der Waals surface area contributed by atoms with Crippen molar-refractivity contribution in [1.29, 1.82) is 0 Å². The molecule has 1 aliphatic rings.